The molecule has 0 aromatic heterocycles. The van der Waals surface area contributed by atoms with Gasteiger partial charge in [-0.05, 0) is 79.8 Å². The second-order valence-electron chi connectivity index (χ2n) is 10.9. The van der Waals surface area contributed by atoms with E-state index in [0.717, 1.165) is 35.5 Å². The molecule has 214 valence electrons. The molecule has 3 aliphatic rings. The molecule has 7 nitrogen and oxygen atoms in total. The fraction of sp³-hybridized carbons (Fsp3) is 0.394. The molecule has 3 aromatic rings. The third kappa shape index (κ3) is 4.90. The Bertz CT molecular complexity index is 1480. The first-order chi connectivity index (χ1) is 19.9. The topological polar surface area (TPSA) is 62.3 Å². The maximum atomic E-state index is 14.5. The van der Waals surface area contributed by atoms with Crippen molar-refractivity contribution in [3.05, 3.63) is 87.4 Å². The predicted octanol–water partition coefficient (Wildman–Crippen LogP) is 5.63. The number of hydrogen-bond acceptors (Lipinski definition) is 5. The van der Waals surface area contributed by atoms with E-state index >= 15 is 0 Å². The Kier molecular flexibility index (Phi) is 7.56. The summed E-state index contributed by atoms with van der Waals surface area (Å²) in [6.45, 7) is 10.2. The van der Waals surface area contributed by atoms with Crippen molar-refractivity contribution >= 4 is 29.1 Å². The van der Waals surface area contributed by atoms with Crippen LogP contribution in [0.25, 0.3) is 0 Å². The van der Waals surface area contributed by atoms with E-state index in [9.17, 15) is 9.59 Å². The van der Waals surface area contributed by atoms with Gasteiger partial charge in [0.1, 0.15) is 0 Å². The van der Waals surface area contributed by atoms with Crippen molar-refractivity contribution in [3.63, 3.8) is 0 Å². The van der Waals surface area contributed by atoms with Crippen LogP contribution in [0.5, 0.6) is 11.5 Å². The van der Waals surface area contributed by atoms with Crippen LogP contribution in [0.3, 0.4) is 0 Å². The number of hydrogen-bond donors (Lipinski definition) is 0. The van der Waals surface area contributed by atoms with Crippen molar-refractivity contribution in [1.29, 1.82) is 0 Å². The highest BCUT2D eigenvalue weighted by Crippen LogP contribution is 2.49. The van der Waals surface area contributed by atoms with Crippen molar-refractivity contribution in [2.75, 3.05) is 50.8 Å². The molecule has 6 rings (SSSR count). The highest BCUT2D eigenvalue weighted by molar-refractivity contribution is 6.30. The Hall–Kier alpha value is -3.71. The van der Waals surface area contributed by atoms with Crippen molar-refractivity contribution in [2.45, 2.75) is 39.2 Å². The molecule has 41 heavy (non-hydrogen) atoms. The zero-order valence-corrected chi connectivity index (χ0v) is 24.6. The monoisotopic (exact) mass is 573 g/mol. The Labute approximate surface area is 246 Å². The van der Waals surface area contributed by atoms with Gasteiger partial charge in [-0.1, -0.05) is 35.9 Å². The van der Waals surface area contributed by atoms with Gasteiger partial charge < -0.3 is 24.2 Å². The van der Waals surface area contributed by atoms with Crippen molar-refractivity contribution in [2.24, 2.45) is 0 Å². The fourth-order valence-corrected chi connectivity index (χ4v) is 6.79. The minimum atomic E-state index is -0.505. The summed E-state index contributed by atoms with van der Waals surface area (Å²) in [5, 5.41) is 0.711. The van der Waals surface area contributed by atoms with Gasteiger partial charge in [0, 0.05) is 49.0 Å². The molecule has 0 bridgehead atoms. The summed E-state index contributed by atoms with van der Waals surface area (Å²) in [4.78, 5) is 34.5. The van der Waals surface area contributed by atoms with Crippen LogP contribution >= 0.6 is 11.6 Å². The Morgan fingerprint density at radius 1 is 0.902 bits per heavy atom. The van der Waals surface area contributed by atoms with Gasteiger partial charge in [-0.3, -0.25) is 9.59 Å². The lowest BCUT2D eigenvalue weighted by Crippen LogP contribution is -2.54. The summed E-state index contributed by atoms with van der Waals surface area (Å²) in [5.41, 5.74) is 5.77. The van der Waals surface area contributed by atoms with E-state index in [2.05, 4.69) is 11.8 Å². The van der Waals surface area contributed by atoms with Crippen LogP contribution in [-0.2, 0) is 11.2 Å². The van der Waals surface area contributed by atoms with Crippen molar-refractivity contribution in [3.8, 4) is 11.5 Å². The van der Waals surface area contributed by atoms with Gasteiger partial charge in [0.25, 0.3) is 5.91 Å². The van der Waals surface area contributed by atoms with Crippen LogP contribution in [0, 0.1) is 6.92 Å². The van der Waals surface area contributed by atoms with Crippen LogP contribution < -0.4 is 14.4 Å². The normalized spacial score (nSPS) is 19.8. The largest absolute Gasteiger partial charge is 0.490 e. The molecule has 1 fully saturated rings. The average molecular weight is 574 g/mol. The minimum Gasteiger partial charge on any atom is -0.490 e. The van der Waals surface area contributed by atoms with Crippen LogP contribution in [0.2, 0.25) is 5.02 Å². The first-order valence-corrected chi connectivity index (χ1v) is 14.9. The first-order valence-electron chi connectivity index (χ1n) is 14.5. The van der Waals surface area contributed by atoms with Gasteiger partial charge in [0.15, 0.2) is 11.5 Å². The third-order valence-corrected chi connectivity index (χ3v) is 8.79. The number of anilines is 1. The smallest absolute Gasteiger partial charge is 0.254 e. The van der Waals surface area contributed by atoms with Gasteiger partial charge >= 0.3 is 0 Å². The highest BCUT2D eigenvalue weighted by Gasteiger charge is 2.48. The number of halogens is 1. The zero-order chi connectivity index (χ0) is 28.7. The molecule has 3 heterocycles. The fourth-order valence-electron chi connectivity index (χ4n) is 6.62. The van der Waals surface area contributed by atoms with Gasteiger partial charge in [-0.2, -0.15) is 0 Å². The Morgan fingerprint density at radius 3 is 2.34 bits per heavy atom. The molecular weight excluding hydrogens is 538 g/mol. The quantitative estimate of drug-likeness (QED) is 0.382. The molecular formula is C33H36ClN3O4. The highest BCUT2D eigenvalue weighted by atomic mass is 35.5. The number of rotatable bonds is 6. The first kappa shape index (κ1) is 27.5. The molecule has 2 amide bonds. The average Bonchev–Trinajstić information content (AvgIpc) is 2.99. The van der Waals surface area contributed by atoms with E-state index in [1.54, 1.807) is 0 Å². The van der Waals surface area contributed by atoms with Gasteiger partial charge in [-0.25, -0.2) is 0 Å². The summed E-state index contributed by atoms with van der Waals surface area (Å²) in [6.07, 6.45) is 0.699. The standard InChI is InChI=1S/C33H36ClN3O4/c1-4-40-28-18-22-12-13-37-31(26(22)20-29(28)41-5-2)30(24-8-6-7-9-25(24)32(37)38)33(39)36-16-14-35(15-17-36)27-19-23(34)11-10-21(27)3/h6-11,18-20,30-31H,4-5,12-17H2,1-3H3/t30-,31-/m0/s1. The van der Waals surface area contributed by atoms with E-state index in [1.807, 2.05) is 78.2 Å². The van der Waals surface area contributed by atoms with E-state index < -0.39 is 12.0 Å². The molecule has 3 aliphatic heterocycles. The molecule has 0 unspecified atom stereocenters. The van der Waals surface area contributed by atoms with Crippen LogP contribution in [0.4, 0.5) is 5.69 Å². The third-order valence-electron chi connectivity index (χ3n) is 8.55. The second-order valence-corrected chi connectivity index (χ2v) is 11.3. The number of piperazine rings is 1. The van der Waals surface area contributed by atoms with Crippen molar-refractivity contribution < 1.29 is 19.1 Å². The maximum absolute atomic E-state index is 14.5. The Morgan fingerprint density at radius 2 is 1.61 bits per heavy atom. The molecule has 0 spiro atoms. The summed E-state index contributed by atoms with van der Waals surface area (Å²) in [7, 11) is 0. The number of carbonyl (C=O) groups is 2. The molecule has 0 aliphatic carbocycles. The Balaban J connectivity index is 1.36. The lowest BCUT2D eigenvalue weighted by atomic mass is 9.75. The summed E-state index contributed by atoms with van der Waals surface area (Å²) < 4.78 is 11.9. The predicted molar refractivity (Wildman–Crippen MR) is 160 cm³/mol. The van der Waals surface area contributed by atoms with E-state index in [0.29, 0.717) is 61.4 Å². The second kappa shape index (κ2) is 11.3. The van der Waals surface area contributed by atoms with Crippen molar-refractivity contribution in [1.82, 2.24) is 9.80 Å². The van der Waals surface area contributed by atoms with Gasteiger partial charge in [0.2, 0.25) is 5.91 Å². The number of carbonyl (C=O) groups excluding carboxylic acids is 2. The lowest BCUT2D eigenvalue weighted by molar-refractivity contribution is -0.135. The lowest BCUT2D eigenvalue weighted by Gasteiger charge is -2.47. The molecule has 0 radical (unpaired) electrons. The van der Waals surface area contributed by atoms with Gasteiger partial charge in [-0.15, -0.1) is 0 Å². The minimum absolute atomic E-state index is 0.0200. The van der Waals surface area contributed by atoms with Gasteiger partial charge in [0.05, 0.1) is 25.2 Å². The molecule has 0 saturated carbocycles. The SMILES string of the molecule is CCOc1cc2c(cc1OCC)[C@H]1[C@@H](C(=O)N3CCN(c4cc(Cl)ccc4C)CC3)c3ccccc3C(=O)N1CC2. The zero-order valence-electron chi connectivity index (χ0n) is 23.9. The summed E-state index contributed by atoms with van der Waals surface area (Å²) in [5.74, 6) is 0.891. The van der Waals surface area contributed by atoms with E-state index in [4.69, 9.17) is 21.1 Å². The van der Waals surface area contributed by atoms with Crippen LogP contribution in [-0.4, -0.2) is 67.6 Å². The number of fused-ring (bicyclic) bond motifs is 4. The summed E-state index contributed by atoms with van der Waals surface area (Å²) in [6, 6.07) is 17.2. The van der Waals surface area contributed by atoms with E-state index in [1.165, 1.54) is 5.56 Å². The number of nitrogens with zero attached hydrogens (tertiary/aromatic N) is 3. The number of ether oxygens (including phenoxy) is 2. The number of aryl methyl sites for hydroxylation is 1. The molecule has 3 aromatic carbocycles. The number of amides is 2. The summed E-state index contributed by atoms with van der Waals surface area (Å²) >= 11 is 6.30. The molecule has 0 N–H and O–H groups in total. The molecule has 8 heteroatoms. The molecule has 1 saturated heterocycles. The molecule has 2 atom stereocenters. The number of benzene rings is 3. The van der Waals surface area contributed by atoms with Crippen LogP contribution in [0.15, 0.2) is 54.6 Å². The maximum Gasteiger partial charge on any atom is 0.254 e. The van der Waals surface area contributed by atoms with Crippen LogP contribution in [0.1, 0.15) is 58.4 Å². The van der Waals surface area contributed by atoms with E-state index in [-0.39, 0.29) is 11.8 Å².